The van der Waals surface area contributed by atoms with E-state index < -0.39 is 10.0 Å². The first-order valence-corrected chi connectivity index (χ1v) is 6.57. The Balaban J connectivity index is 2.54. The molecule has 2 aromatic rings. The van der Waals surface area contributed by atoms with Crippen molar-refractivity contribution in [2.75, 3.05) is 0 Å². The number of imidazole rings is 1. The molecular formula is C10H13N3O2S. The highest BCUT2D eigenvalue weighted by Gasteiger charge is 2.10. The Morgan fingerprint density at radius 1 is 1.44 bits per heavy atom. The van der Waals surface area contributed by atoms with Gasteiger partial charge in [-0.05, 0) is 24.6 Å². The van der Waals surface area contributed by atoms with Crippen LogP contribution in [0.25, 0.3) is 11.0 Å². The number of rotatable bonds is 3. The number of primary sulfonamides is 1. The van der Waals surface area contributed by atoms with E-state index in [0.717, 1.165) is 24.2 Å². The van der Waals surface area contributed by atoms with Crippen molar-refractivity contribution in [1.82, 2.24) is 9.97 Å². The van der Waals surface area contributed by atoms with Gasteiger partial charge in [-0.2, -0.15) is 0 Å². The third kappa shape index (κ3) is 2.07. The maximum absolute atomic E-state index is 11.2. The van der Waals surface area contributed by atoms with Crippen LogP contribution in [0, 0.1) is 0 Å². The predicted octanol–water partition coefficient (Wildman–Crippen LogP) is 1.16. The van der Waals surface area contributed by atoms with E-state index in [4.69, 9.17) is 5.14 Å². The Morgan fingerprint density at radius 2 is 2.19 bits per heavy atom. The first kappa shape index (κ1) is 11.1. The number of fused-ring (bicyclic) bond motifs is 1. The van der Waals surface area contributed by atoms with E-state index in [-0.39, 0.29) is 4.90 Å². The standard InChI is InChI=1S/C10H13N3O2S/c1-2-3-10-12-8-5-4-7(16(11,14)15)6-9(8)13-10/h4-6H,2-3H2,1H3,(H,12,13)(H2,11,14,15). The van der Waals surface area contributed by atoms with E-state index in [9.17, 15) is 8.42 Å². The number of benzene rings is 1. The summed E-state index contributed by atoms with van der Waals surface area (Å²) in [4.78, 5) is 7.52. The van der Waals surface area contributed by atoms with Crippen LogP contribution in [0.2, 0.25) is 0 Å². The van der Waals surface area contributed by atoms with Gasteiger partial charge in [-0.25, -0.2) is 18.5 Å². The van der Waals surface area contributed by atoms with Gasteiger partial charge in [-0.3, -0.25) is 0 Å². The van der Waals surface area contributed by atoms with Gasteiger partial charge in [0.2, 0.25) is 10.0 Å². The summed E-state index contributed by atoms with van der Waals surface area (Å²) in [6, 6.07) is 4.63. The molecule has 5 nitrogen and oxygen atoms in total. The minimum Gasteiger partial charge on any atom is -0.342 e. The molecule has 1 heterocycles. The van der Waals surface area contributed by atoms with Crippen molar-refractivity contribution in [1.29, 1.82) is 0 Å². The molecule has 0 bridgehead atoms. The lowest BCUT2D eigenvalue weighted by molar-refractivity contribution is 0.598. The van der Waals surface area contributed by atoms with Gasteiger partial charge in [0.05, 0.1) is 15.9 Å². The van der Waals surface area contributed by atoms with Crippen LogP contribution in [0.1, 0.15) is 19.2 Å². The fraction of sp³-hybridized carbons (Fsp3) is 0.300. The average Bonchev–Trinajstić information content (AvgIpc) is 2.57. The van der Waals surface area contributed by atoms with Crippen LogP contribution in [0.5, 0.6) is 0 Å². The Labute approximate surface area is 93.7 Å². The van der Waals surface area contributed by atoms with Gasteiger partial charge < -0.3 is 4.98 Å². The van der Waals surface area contributed by atoms with Crippen molar-refractivity contribution in [3.05, 3.63) is 24.0 Å². The maximum atomic E-state index is 11.2. The minimum atomic E-state index is -3.65. The zero-order valence-electron chi connectivity index (χ0n) is 8.90. The van der Waals surface area contributed by atoms with Crippen molar-refractivity contribution >= 4 is 21.1 Å². The highest BCUT2D eigenvalue weighted by atomic mass is 32.2. The van der Waals surface area contributed by atoms with Gasteiger partial charge in [-0.15, -0.1) is 0 Å². The summed E-state index contributed by atoms with van der Waals surface area (Å²) in [5, 5.41) is 5.05. The summed E-state index contributed by atoms with van der Waals surface area (Å²) in [5.41, 5.74) is 1.46. The predicted molar refractivity (Wildman–Crippen MR) is 61.5 cm³/mol. The number of aromatic nitrogens is 2. The van der Waals surface area contributed by atoms with Crippen molar-refractivity contribution < 1.29 is 8.42 Å². The molecule has 0 atom stereocenters. The van der Waals surface area contributed by atoms with Crippen molar-refractivity contribution in [3.63, 3.8) is 0 Å². The van der Waals surface area contributed by atoms with Crippen LogP contribution < -0.4 is 5.14 Å². The van der Waals surface area contributed by atoms with E-state index in [1.165, 1.54) is 12.1 Å². The maximum Gasteiger partial charge on any atom is 0.238 e. The first-order chi connectivity index (χ1) is 7.50. The van der Waals surface area contributed by atoms with Crippen molar-refractivity contribution in [2.24, 2.45) is 5.14 Å². The largest absolute Gasteiger partial charge is 0.342 e. The van der Waals surface area contributed by atoms with Crippen LogP contribution in [0.4, 0.5) is 0 Å². The summed E-state index contributed by atoms with van der Waals surface area (Å²) in [6.45, 7) is 2.06. The van der Waals surface area contributed by atoms with Gasteiger partial charge >= 0.3 is 0 Å². The number of hydrogen-bond acceptors (Lipinski definition) is 3. The Morgan fingerprint density at radius 3 is 2.81 bits per heavy atom. The van der Waals surface area contributed by atoms with E-state index in [2.05, 4.69) is 16.9 Å². The molecule has 0 amide bonds. The lowest BCUT2D eigenvalue weighted by Gasteiger charge is -1.96. The second kappa shape index (κ2) is 3.88. The van der Waals surface area contributed by atoms with E-state index in [1.54, 1.807) is 6.07 Å². The number of nitrogens with zero attached hydrogens (tertiary/aromatic N) is 1. The molecule has 0 unspecified atom stereocenters. The van der Waals surface area contributed by atoms with Crippen LogP contribution in [-0.4, -0.2) is 18.4 Å². The van der Waals surface area contributed by atoms with Crippen molar-refractivity contribution in [2.45, 2.75) is 24.7 Å². The van der Waals surface area contributed by atoms with Gasteiger partial charge in [0.1, 0.15) is 5.82 Å². The summed E-state index contributed by atoms with van der Waals surface area (Å²) in [6.07, 6.45) is 1.83. The first-order valence-electron chi connectivity index (χ1n) is 5.02. The summed E-state index contributed by atoms with van der Waals surface area (Å²) in [5.74, 6) is 0.865. The molecule has 1 aromatic carbocycles. The molecule has 16 heavy (non-hydrogen) atoms. The fourth-order valence-electron chi connectivity index (χ4n) is 1.57. The number of sulfonamides is 1. The summed E-state index contributed by atoms with van der Waals surface area (Å²) in [7, 11) is -3.65. The second-order valence-electron chi connectivity index (χ2n) is 3.66. The number of nitrogens with one attached hydrogen (secondary N) is 1. The lowest BCUT2D eigenvalue weighted by atomic mass is 10.3. The normalized spacial score (nSPS) is 12.1. The molecule has 6 heteroatoms. The molecule has 86 valence electrons. The van der Waals surface area contributed by atoms with Crippen LogP contribution >= 0.6 is 0 Å². The molecule has 0 fully saturated rings. The third-order valence-electron chi connectivity index (χ3n) is 2.32. The highest BCUT2D eigenvalue weighted by Crippen LogP contribution is 2.16. The molecule has 1 aromatic heterocycles. The summed E-state index contributed by atoms with van der Waals surface area (Å²) >= 11 is 0. The molecule has 0 aliphatic carbocycles. The SMILES string of the molecule is CCCc1nc2ccc(S(N)(=O)=O)cc2[nH]1. The van der Waals surface area contributed by atoms with Crippen LogP contribution in [0.15, 0.2) is 23.1 Å². The number of aryl methyl sites for hydroxylation is 1. The lowest BCUT2D eigenvalue weighted by Crippen LogP contribution is -2.11. The third-order valence-corrected chi connectivity index (χ3v) is 3.23. The highest BCUT2D eigenvalue weighted by molar-refractivity contribution is 7.89. The molecule has 0 radical (unpaired) electrons. The Bertz CT molecular complexity index is 616. The van der Waals surface area contributed by atoms with Crippen molar-refractivity contribution in [3.8, 4) is 0 Å². The molecule has 0 saturated heterocycles. The molecular weight excluding hydrogens is 226 g/mol. The quantitative estimate of drug-likeness (QED) is 0.842. The van der Waals surface area contributed by atoms with Gasteiger partial charge in [0.15, 0.2) is 0 Å². The molecule has 0 aliphatic heterocycles. The zero-order chi connectivity index (χ0) is 11.8. The van der Waals surface area contributed by atoms with E-state index in [0.29, 0.717) is 5.52 Å². The molecule has 3 N–H and O–H groups in total. The molecule has 0 saturated carbocycles. The van der Waals surface area contributed by atoms with Gasteiger partial charge in [0, 0.05) is 6.42 Å². The average molecular weight is 239 g/mol. The van der Waals surface area contributed by atoms with Gasteiger partial charge in [-0.1, -0.05) is 6.92 Å². The van der Waals surface area contributed by atoms with E-state index in [1.807, 2.05) is 0 Å². The van der Waals surface area contributed by atoms with Crippen LogP contribution in [-0.2, 0) is 16.4 Å². The molecule has 2 rings (SSSR count). The summed E-state index contributed by atoms with van der Waals surface area (Å²) < 4.78 is 22.3. The second-order valence-corrected chi connectivity index (χ2v) is 5.22. The number of aromatic amines is 1. The van der Waals surface area contributed by atoms with Crippen LogP contribution in [0.3, 0.4) is 0 Å². The fourth-order valence-corrected chi connectivity index (χ4v) is 2.11. The smallest absolute Gasteiger partial charge is 0.238 e. The number of nitrogens with two attached hydrogens (primary N) is 1. The number of H-pyrrole nitrogens is 1. The number of hydrogen-bond donors (Lipinski definition) is 2. The topological polar surface area (TPSA) is 88.8 Å². The molecule has 0 aliphatic rings. The van der Waals surface area contributed by atoms with Gasteiger partial charge in [0.25, 0.3) is 0 Å². The molecule has 0 spiro atoms. The monoisotopic (exact) mass is 239 g/mol. The Kier molecular flexibility index (Phi) is 2.69. The zero-order valence-corrected chi connectivity index (χ0v) is 9.71. The Hall–Kier alpha value is -1.40. The van der Waals surface area contributed by atoms with E-state index >= 15 is 0 Å². The minimum absolute atomic E-state index is 0.103.